The molecule has 6 rings (SSSR count). The van der Waals surface area contributed by atoms with Gasteiger partial charge in [-0.3, -0.25) is 9.59 Å². The monoisotopic (exact) mass is 848 g/mol. The van der Waals surface area contributed by atoms with E-state index < -0.39 is 30.4 Å². The first-order chi connectivity index (χ1) is 28.3. The number of nitrogens with zero attached hydrogens (tertiary/aromatic N) is 4. The number of aromatic amines is 2. The Kier molecular flexibility index (Phi) is 13.9. The Morgan fingerprint density at radius 3 is 1.90 bits per heavy atom. The summed E-state index contributed by atoms with van der Waals surface area (Å²) in [7, 11) is 4.03. The van der Waals surface area contributed by atoms with Gasteiger partial charge >= 0.3 is 12.2 Å². The SMILES string of the molecule is COC(=O)NC(C(=O)N1CC(C)CC1c1nc(-c2ccc(-c3ccc(-c4cnc(C5CC(SC)CN5C(=O)C(NC(=O)OC)C(C)OC)[nH]4)cc3)cc2)c(Cl)[nH]1)C(C)C. The number of hydrogen-bond acceptors (Lipinski definition) is 10. The molecule has 2 saturated heterocycles. The number of rotatable bonds is 13. The average molecular weight is 849 g/mol. The summed E-state index contributed by atoms with van der Waals surface area (Å²) in [6.45, 7) is 8.63. The molecule has 7 unspecified atom stereocenters. The van der Waals surface area contributed by atoms with Gasteiger partial charge in [0.15, 0.2) is 0 Å². The summed E-state index contributed by atoms with van der Waals surface area (Å²) >= 11 is 8.44. The van der Waals surface area contributed by atoms with Crippen molar-refractivity contribution in [3.05, 3.63) is 71.5 Å². The second-order valence-electron chi connectivity index (χ2n) is 15.5. The van der Waals surface area contributed by atoms with Crippen LogP contribution in [0.1, 0.15) is 64.3 Å². The van der Waals surface area contributed by atoms with Crippen LogP contribution in [-0.2, 0) is 23.8 Å². The molecule has 59 heavy (non-hydrogen) atoms. The van der Waals surface area contributed by atoms with Gasteiger partial charge in [0, 0.05) is 31.0 Å². The van der Waals surface area contributed by atoms with E-state index in [1.807, 2.05) is 68.6 Å². The summed E-state index contributed by atoms with van der Waals surface area (Å²) < 4.78 is 15.0. The molecule has 0 spiro atoms. The molecular formula is C42H53ClN8O7S. The van der Waals surface area contributed by atoms with E-state index in [1.165, 1.54) is 21.3 Å². The minimum Gasteiger partial charge on any atom is -0.453 e. The normalized spacial score (nSPS) is 20.6. The lowest BCUT2D eigenvalue weighted by molar-refractivity contribution is -0.137. The number of alkyl carbamates (subject to hydrolysis) is 2. The Labute approximate surface area is 353 Å². The van der Waals surface area contributed by atoms with Crippen molar-refractivity contribution in [2.75, 3.05) is 40.7 Å². The van der Waals surface area contributed by atoms with Crippen LogP contribution in [-0.4, -0.2) is 118 Å². The smallest absolute Gasteiger partial charge is 0.407 e. The number of methoxy groups -OCH3 is 3. The van der Waals surface area contributed by atoms with E-state index in [4.69, 9.17) is 35.8 Å². The van der Waals surface area contributed by atoms with Gasteiger partial charge in [0.25, 0.3) is 0 Å². The first-order valence-corrected chi connectivity index (χ1v) is 21.3. The van der Waals surface area contributed by atoms with Crippen LogP contribution >= 0.6 is 23.4 Å². The van der Waals surface area contributed by atoms with Gasteiger partial charge in [0.1, 0.15) is 34.6 Å². The molecule has 2 aliphatic heterocycles. The van der Waals surface area contributed by atoms with Gasteiger partial charge in [-0.05, 0) is 54.5 Å². The van der Waals surface area contributed by atoms with Crippen LogP contribution in [0.4, 0.5) is 9.59 Å². The van der Waals surface area contributed by atoms with E-state index in [9.17, 15) is 19.2 Å². The molecule has 2 fully saturated rings. The molecule has 2 aromatic heterocycles. The number of carbonyl (C=O) groups is 4. The first-order valence-electron chi connectivity index (χ1n) is 19.6. The number of nitrogens with one attached hydrogen (secondary N) is 4. The molecule has 2 aliphatic rings. The topological polar surface area (TPSA) is 184 Å². The summed E-state index contributed by atoms with van der Waals surface area (Å²) in [5.41, 5.74) is 5.18. The van der Waals surface area contributed by atoms with E-state index in [0.29, 0.717) is 48.4 Å². The number of carbonyl (C=O) groups excluding carboxylic acids is 4. The van der Waals surface area contributed by atoms with Crippen molar-refractivity contribution in [3.8, 4) is 33.6 Å². The van der Waals surface area contributed by atoms with Crippen molar-refractivity contribution in [3.63, 3.8) is 0 Å². The van der Waals surface area contributed by atoms with E-state index in [2.05, 4.69) is 27.5 Å². The fraction of sp³-hybridized carbons (Fsp3) is 0.476. The molecule has 2 aromatic carbocycles. The average Bonchev–Trinajstić information content (AvgIpc) is 4.07. The molecule has 4 aromatic rings. The highest BCUT2D eigenvalue weighted by Gasteiger charge is 2.43. The number of H-pyrrole nitrogens is 2. The van der Waals surface area contributed by atoms with Crippen LogP contribution in [0.3, 0.4) is 0 Å². The molecule has 15 nitrogen and oxygen atoms in total. The number of likely N-dealkylation sites (tertiary alicyclic amines) is 2. The van der Waals surface area contributed by atoms with Gasteiger partial charge in [-0.1, -0.05) is 80.9 Å². The zero-order valence-corrected chi connectivity index (χ0v) is 36.1. The standard InChI is InChI=1S/C42H53ClN8O7S/c1-22(2)33(47-41(54)57-6)39(52)50-20-23(3)17-31(50)38-46-35(36(43)49-38)28-15-11-26(12-16-28)25-9-13-27(14-10-25)30-19-44-37(45-30)32-18-29(59-8)21-51(32)40(53)34(24(4)56-5)48-42(55)58-7/h9-16,19,22-24,29,31-34H,17-18,20-21H2,1-8H3,(H,44,45)(H,46,49)(H,47,54)(H,48,55). The zero-order chi connectivity index (χ0) is 42.5. The fourth-order valence-electron chi connectivity index (χ4n) is 7.81. The maximum absolute atomic E-state index is 13.9. The number of thioether (sulfide) groups is 1. The number of imidazole rings is 2. The van der Waals surface area contributed by atoms with Crippen molar-refractivity contribution in [1.82, 2.24) is 40.4 Å². The van der Waals surface area contributed by atoms with Gasteiger partial charge in [0.2, 0.25) is 11.8 Å². The molecule has 4 heterocycles. The summed E-state index contributed by atoms with van der Waals surface area (Å²) in [6.07, 6.45) is 3.28. The van der Waals surface area contributed by atoms with Crippen LogP contribution in [0.2, 0.25) is 5.15 Å². The summed E-state index contributed by atoms with van der Waals surface area (Å²) in [5.74, 6) is 0.899. The van der Waals surface area contributed by atoms with Crippen LogP contribution in [0.25, 0.3) is 33.6 Å². The van der Waals surface area contributed by atoms with Crippen LogP contribution in [0.15, 0.2) is 54.7 Å². The summed E-state index contributed by atoms with van der Waals surface area (Å²) in [5, 5.41) is 5.91. The second-order valence-corrected chi connectivity index (χ2v) is 17.0. The lowest BCUT2D eigenvalue weighted by atomic mass is 10.0. The van der Waals surface area contributed by atoms with Gasteiger partial charge in [0.05, 0.1) is 44.3 Å². The summed E-state index contributed by atoms with van der Waals surface area (Å²) in [4.78, 5) is 71.6. The van der Waals surface area contributed by atoms with Gasteiger partial charge in [-0.2, -0.15) is 11.8 Å². The molecule has 4 N–H and O–H groups in total. The number of hydrogen-bond donors (Lipinski definition) is 4. The number of aromatic nitrogens is 4. The van der Waals surface area contributed by atoms with Crippen LogP contribution in [0.5, 0.6) is 0 Å². The number of amides is 4. The third-order valence-electron chi connectivity index (χ3n) is 11.2. The molecule has 4 amide bonds. The predicted octanol–water partition coefficient (Wildman–Crippen LogP) is 6.84. The van der Waals surface area contributed by atoms with Crippen molar-refractivity contribution in [2.45, 2.75) is 76.1 Å². The highest BCUT2D eigenvalue weighted by atomic mass is 35.5. The quantitative estimate of drug-likeness (QED) is 0.111. The first kappa shape index (κ1) is 43.5. The number of halogens is 1. The third-order valence-corrected chi connectivity index (χ3v) is 12.5. The van der Waals surface area contributed by atoms with Gasteiger partial charge in [-0.25, -0.2) is 19.6 Å². The molecule has 0 radical (unpaired) electrons. The fourth-order valence-corrected chi connectivity index (χ4v) is 8.74. The number of ether oxygens (including phenoxy) is 3. The van der Waals surface area contributed by atoms with E-state index in [-0.39, 0.29) is 41.0 Å². The Bertz CT molecular complexity index is 2110. The highest BCUT2D eigenvalue weighted by molar-refractivity contribution is 7.99. The molecule has 7 atom stereocenters. The minimum atomic E-state index is -0.925. The zero-order valence-electron chi connectivity index (χ0n) is 34.6. The Morgan fingerprint density at radius 1 is 0.780 bits per heavy atom. The highest BCUT2D eigenvalue weighted by Crippen LogP contribution is 2.39. The molecule has 0 aliphatic carbocycles. The largest absolute Gasteiger partial charge is 0.453 e. The molecule has 316 valence electrons. The lowest BCUT2D eigenvalue weighted by Crippen LogP contribution is -2.54. The third kappa shape index (κ3) is 9.55. The van der Waals surface area contributed by atoms with E-state index in [1.54, 1.807) is 34.7 Å². The van der Waals surface area contributed by atoms with E-state index >= 15 is 0 Å². The molecule has 0 saturated carbocycles. The predicted molar refractivity (Wildman–Crippen MR) is 227 cm³/mol. The Hall–Kier alpha value is -5.06. The molecule has 0 bridgehead atoms. The van der Waals surface area contributed by atoms with Crippen molar-refractivity contribution >= 4 is 47.4 Å². The maximum Gasteiger partial charge on any atom is 0.407 e. The number of benzene rings is 2. The van der Waals surface area contributed by atoms with Crippen molar-refractivity contribution in [2.24, 2.45) is 11.8 Å². The maximum atomic E-state index is 13.9. The van der Waals surface area contributed by atoms with Crippen LogP contribution < -0.4 is 10.6 Å². The minimum absolute atomic E-state index is 0.147. The second kappa shape index (κ2) is 18.9. The van der Waals surface area contributed by atoms with E-state index in [0.717, 1.165) is 27.9 Å². The molecular weight excluding hydrogens is 796 g/mol. The van der Waals surface area contributed by atoms with Gasteiger partial charge in [-0.15, -0.1) is 0 Å². The summed E-state index contributed by atoms with van der Waals surface area (Å²) in [6, 6.07) is 13.8. The lowest BCUT2D eigenvalue weighted by Gasteiger charge is -2.30. The Balaban J connectivity index is 1.15. The van der Waals surface area contributed by atoms with Crippen molar-refractivity contribution in [1.29, 1.82) is 0 Å². The Morgan fingerprint density at radius 2 is 1.32 bits per heavy atom. The van der Waals surface area contributed by atoms with Gasteiger partial charge < -0.3 is 44.6 Å². The van der Waals surface area contributed by atoms with Crippen LogP contribution in [0, 0.1) is 11.8 Å². The molecule has 17 heteroatoms. The van der Waals surface area contributed by atoms with Crippen molar-refractivity contribution < 1.29 is 33.4 Å².